The normalized spacial score (nSPS) is 11.0. The predicted octanol–water partition coefficient (Wildman–Crippen LogP) is 4.24. The zero-order valence-electron chi connectivity index (χ0n) is 17.7. The summed E-state index contributed by atoms with van der Waals surface area (Å²) in [6, 6.07) is 13.0. The molecule has 0 fully saturated rings. The molecule has 8 heteroatoms. The van der Waals surface area contributed by atoms with Crippen LogP contribution < -0.4 is 0 Å². The quantitative estimate of drug-likeness (QED) is 0.183. The molecule has 0 spiro atoms. The molecule has 0 N–H and O–H groups in total. The molecular formula is C24H23N3O5. The maximum absolute atomic E-state index is 13.4. The van der Waals surface area contributed by atoms with E-state index in [9.17, 15) is 19.7 Å². The van der Waals surface area contributed by atoms with Crippen LogP contribution in [0.3, 0.4) is 0 Å². The van der Waals surface area contributed by atoms with Crippen molar-refractivity contribution in [3.63, 3.8) is 0 Å². The van der Waals surface area contributed by atoms with Gasteiger partial charge in [-0.2, -0.15) is 0 Å². The molecule has 0 saturated heterocycles. The Bertz CT molecular complexity index is 1080. The summed E-state index contributed by atoms with van der Waals surface area (Å²) in [6.07, 6.45) is 2.55. The van der Waals surface area contributed by atoms with Crippen LogP contribution in [0, 0.1) is 10.1 Å². The van der Waals surface area contributed by atoms with Gasteiger partial charge in [0.15, 0.2) is 0 Å². The number of hydrogen-bond donors (Lipinski definition) is 0. The zero-order valence-corrected chi connectivity index (χ0v) is 17.7. The molecular weight excluding hydrogens is 410 g/mol. The van der Waals surface area contributed by atoms with Crippen LogP contribution >= 0.6 is 0 Å². The maximum atomic E-state index is 13.4. The first-order chi connectivity index (χ1) is 15.4. The largest absolute Gasteiger partial charge is 0.465 e. The summed E-state index contributed by atoms with van der Waals surface area (Å²) in [5, 5.41) is 11.5. The minimum Gasteiger partial charge on any atom is -0.465 e. The number of ether oxygens (including phenoxy) is 1. The van der Waals surface area contributed by atoms with E-state index in [2.05, 4.69) is 29.6 Å². The van der Waals surface area contributed by atoms with Crippen LogP contribution in [0.2, 0.25) is 0 Å². The molecule has 0 saturated carbocycles. The number of nitro benzene ring substituents is 1. The highest BCUT2D eigenvalue weighted by Gasteiger charge is 2.24. The summed E-state index contributed by atoms with van der Waals surface area (Å²) in [5.74, 6) is -1.12. The van der Waals surface area contributed by atoms with Gasteiger partial charge in [-0.1, -0.05) is 43.5 Å². The molecule has 2 rings (SSSR count). The Hall–Kier alpha value is -4.33. The van der Waals surface area contributed by atoms with Crippen LogP contribution in [0.15, 0.2) is 90.2 Å². The lowest BCUT2D eigenvalue weighted by Crippen LogP contribution is -2.31. The summed E-state index contributed by atoms with van der Waals surface area (Å²) >= 11 is 0. The van der Waals surface area contributed by atoms with Crippen LogP contribution in [-0.2, 0) is 22.5 Å². The van der Waals surface area contributed by atoms with E-state index >= 15 is 0 Å². The number of nitrogens with zero attached hydrogens (tertiary/aromatic N) is 3. The van der Waals surface area contributed by atoms with Crippen LogP contribution in [0.5, 0.6) is 0 Å². The van der Waals surface area contributed by atoms with Crippen LogP contribution in [0.4, 0.5) is 5.69 Å². The number of aliphatic imine (C=N–C) groups is 1. The van der Waals surface area contributed by atoms with Gasteiger partial charge in [0.25, 0.3) is 5.69 Å². The van der Waals surface area contributed by atoms with E-state index in [1.54, 1.807) is 0 Å². The third-order valence-electron chi connectivity index (χ3n) is 4.63. The zero-order chi connectivity index (χ0) is 23.7. The lowest BCUT2D eigenvalue weighted by molar-refractivity contribution is -0.385. The number of carbonyl (C=O) groups is 2. The lowest BCUT2D eigenvalue weighted by Gasteiger charge is -2.25. The number of carbonyl (C=O) groups excluding carboxylic acids is 2. The third kappa shape index (κ3) is 5.63. The first-order valence-corrected chi connectivity index (χ1v) is 9.52. The Morgan fingerprint density at radius 2 is 1.84 bits per heavy atom. The van der Waals surface area contributed by atoms with E-state index in [0.717, 1.165) is 5.56 Å². The monoisotopic (exact) mass is 433 g/mol. The van der Waals surface area contributed by atoms with Crippen molar-refractivity contribution in [1.82, 2.24) is 4.90 Å². The minimum atomic E-state index is -0.661. The van der Waals surface area contributed by atoms with Gasteiger partial charge < -0.3 is 9.64 Å². The van der Waals surface area contributed by atoms with Crippen molar-refractivity contribution in [3.05, 3.63) is 112 Å². The Kier molecular flexibility index (Phi) is 8.36. The molecule has 0 aliphatic heterocycles. The molecule has 2 aromatic rings. The van der Waals surface area contributed by atoms with Gasteiger partial charge in [-0.05, 0) is 36.6 Å². The van der Waals surface area contributed by atoms with Gasteiger partial charge >= 0.3 is 5.97 Å². The second-order valence-corrected chi connectivity index (χ2v) is 6.57. The van der Waals surface area contributed by atoms with Crippen LogP contribution in [0.1, 0.15) is 21.5 Å². The number of amides is 1. The fourth-order valence-electron chi connectivity index (χ4n) is 3.09. The standard InChI is InChI=1S/C24H23N3O5/c1-5-20(25-3)21(6-2)26(16-17-10-8-7-9-11-17)23(28)15-19-14-18(24(29)32-4)12-13-22(19)27(30)31/h5-14H,1-3,15-16H2,4H3/b21-20-. The summed E-state index contributed by atoms with van der Waals surface area (Å²) < 4.78 is 4.68. The number of rotatable bonds is 10. The number of methoxy groups -OCH3 is 1. The molecule has 0 aromatic heterocycles. The Balaban J connectivity index is 2.54. The average Bonchev–Trinajstić information content (AvgIpc) is 2.81. The number of nitro groups is 1. The van der Waals surface area contributed by atoms with Gasteiger partial charge in [-0.25, -0.2) is 4.79 Å². The van der Waals surface area contributed by atoms with Crippen molar-refractivity contribution in [1.29, 1.82) is 0 Å². The molecule has 0 atom stereocenters. The molecule has 0 aliphatic rings. The van der Waals surface area contributed by atoms with E-state index < -0.39 is 16.8 Å². The molecule has 0 bridgehead atoms. The molecule has 0 aliphatic carbocycles. The molecule has 2 aromatic carbocycles. The second-order valence-electron chi connectivity index (χ2n) is 6.57. The highest BCUT2D eigenvalue weighted by molar-refractivity contribution is 5.91. The van der Waals surface area contributed by atoms with Gasteiger partial charge in [0.2, 0.25) is 5.91 Å². The highest BCUT2D eigenvalue weighted by Crippen LogP contribution is 2.24. The fourth-order valence-corrected chi connectivity index (χ4v) is 3.09. The molecule has 0 radical (unpaired) electrons. The summed E-state index contributed by atoms with van der Waals surface area (Å²) in [5.41, 5.74) is 1.43. The number of hydrogen-bond acceptors (Lipinski definition) is 6. The molecule has 0 heterocycles. The first-order valence-electron chi connectivity index (χ1n) is 9.52. The predicted molar refractivity (Wildman–Crippen MR) is 122 cm³/mol. The van der Waals surface area contributed by atoms with E-state index in [-0.39, 0.29) is 29.8 Å². The van der Waals surface area contributed by atoms with Crippen LogP contribution in [-0.4, -0.2) is 35.5 Å². The van der Waals surface area contributed by atoms with Gasteiger partial charge in [0, 0.05) is 11.6 Å². The second kappa shape index (κ2) is 11.2. The summed E-state index contributed by atoms with van der Waals surface area (Å²) in [4.78, 5) is 41.5. The molecule has 0 unspecified atom stereocenters. The van der Waals surface area contributed by atoms with E-state index in [1.165, 1.54) is 42.4 Å². The minimum absolute atomic E-state index is 0.0797. The topological polar surface area (TPSA) is 102 Å². The van der Waals surface area contributed by atoms with E-state index in [4.69, 9.17) is 0 Å². The van der Waals surface area contributed by atoms with Gasteiger partial charge in [0.1, 0.15) is 0 Å². The van der Waals surface area contributed by atoms with E-state index in [1.807, 2.05) is 30.3 Å². The number of benzene rings is 2. The fraction of sp³-hybridized carbons (Fsp3) is 0.125. The lowest BCUT2D eigenvalue weighted by atomic mass is 10.0. The molecule has 32 heavy (non-hydrogen) atoms. The van der Waals surface area contributed by atoms with Crippen molar-refractivity contribution < 1.29 is 19.2 Å². The van der Waals surface area contributed by atoms with Crippen LogP contribution in [0.25, 0.3) is 0 Å². The molecule has 164 valence electrons. The summed E-state index contributed by atoms with van der Waals surface area (Å²) in [7, 11) is 1.20. The Labute approximate surface area is 186 Å². The smallest absolute Gasteiger partial charge is 0.337 e. The first kappa shape index (κ1) is 23.9. The van der Waals surface area contributed by atoms with Crippen molar-refractivity contribution in [3.8, 4) is 0 Å². The SMILES string of the molecule is C=C/C(N=C)=C(\C=C)N(Cc1ccccc1)C(=O)Cc1cc(C(=O)OC)ccc1[N+](=O)[O-]. The van der Waals surface area contributed by atoms with E-state index in [0.29, 0.717) is 11.4 Å². The summed E-state index contributed by atoms with van der Waals surface area (Å²) in [6.45, 7) is 11.1. The number of esters is 1. The molecule has 8 nitrogen and oxygen atoms in total. The van der Waals surface area contributed by atoms with Gasteiger partial charge in [-0.15, -0.1) is 0 Å². The van der Waals surface area contributed by atoms with Crippen molar-refractivity contribution in [2.75, 3.05) is 7.11 Å². The van der Waals surface area contributed by atoms with Gasteiger partial charge in [0.05, 0.1) is 42.0 Å². The average molecular weight is 433 g/mol. The Morgan fingerprint density at radius 1 is 1.16 bits per heavy atom. The number of allylic oxidation sites excluding steroid dienone is 2. The van der Waals surface area contributed by atoms with Crippen molar-refractivity contribution in [2.24, 2.45) is 4.99 Å². The Morgan fingerprint density at radius 3 is 2.38 bits per heavy atom. The van der Waals surface area contributed by atoms with Crippen molar-refractivity contribution in [2.45, 2.75) is 13.0 Å². The maximum Gasteiger partial charge on any atom is 0.337 e. The highest BCUT2D eigenvalue weighted by atomic mass is 16.6. The van der Waals surface area contributed by atoms with Crippen molar-refractivity contribution >= 4 is 24.3 Å². The van der Waals surface area contributed by atoms with Gasteiger partial charge in [-0.3, -0.25) is 19.9 Å². The third-order valence-corrected chi connectivity index (χ3v) is 4.63. The molecule has 1 amide bonds.